The number of hydrogen-bond acceptors (Lipinski definition) is 4. The predicted molar refractivity (Wildman–Crippen MR) is 86.9 cm³/mol. The van der Waals surface area contributed by atoms with Crippen molar-refractivity contribution in [2.75, 3.05) is 11.9 Å². The Morgan fingerprint density at radius 1 is 1.48 bits per heavy atom. The molecule has 0 spiro atoms. The first-order valence-electron chi connectivity index (χ1n) is 7.58. The number of rotatable bonds is 4. The average molecular weight is 315 g/mol. The van der Waals surface area contributed by atoms with Gasteiger partial charge < -0.3 is 14.8 Å². The van der Waals surface area contributed by atoms with E-state index in [9.17, 15) is 4.79 Å². The maximum absolute atomic E-state index is 12.1. The van der Waals surface area contributed by atoms with Gasteiger partial charge in [-0.3, -0.25) is 9.48 Å². The molecule has 23 heavy (non-hydrogen) atoms. The van der Waals surface area contributed by atoms with Crippen LogP contribution in [0, 0.1) is 6.92 Å². The van der Waals surface area contributed by atoms with Crippen molar-refractivity contribution in [2.24, 2.45) is 7.05 Å². The molecule has 0 bridgehead atoms. The van der Waals surface area contributed by atoms with Crippen molar-refractivity contribution in [3.8, 4) is 11.5 Å². The Hall–Kier alpha value is -2.50. The quantitative estimate of drug-likeness (QED) is 0.941. The number of nitrogens with zero attached hydrogens (tertiary/aromatic N) is 2. The summed E-state index contributed by atoms with van der Waals surface area (Å²) in [5.74, 6) is 1.75. The molecular weight excluding hydrogens is 294 g/mol. The molecule has 1 amide bonds. The summed E-state index contributed by atoms with van der Waals surface area (Å²) in [6.45, 7) is 5.87. The molecule has 6 heteroatoms. The molecule has 6 nitrogen and oxygen atoms in total. The Balaban J connectivity index is 1.65. The Labute approximate surface area is 135 Å². The Morgan fingerprint density at radius 3 is 2.96 bits per heavy atom. The average Bonchev–Trinajstić information content (AvgIpc) is 2.94. The van der Waals surface area contributed by atoms with Crippen LogP contribution in [0.2, 0.25) is 0 Å². The van der Waals surface area contributed by atoms with Crippen molar-refractivity contribution < 1.29 is 14.3 Å². The largest absolute Gasteiger partial charge is 0.483 e. The number of carbonyl (C=O) groups excluding carboxylic acids is 1. The van der Waals surface area contributed by atoms with Crippen LogP contribution in [0.4, 0.5) is 5.82 Å². The Kier molecular flexibility index (Phi) is 3.75. The van der Waals surface area contributed by atoms with E-state index in [2.05, 4.69) is 10.4 Å². The molecule has 3 rings (SSSR count). The highest BCUT2D eigenvalue weighted by Gasteiger charge is 2.32. The minimum atomic E-state index is -0.240. The monoisotopic (exact) mass is 315 g/mol. The number of ether oxygens (including phenoxy) is 2. The highest BCUT2D eigenvalue weighted by atomic mass is 16.5. The van der Waals surface area contributed by atoms with Crippen LogP contribution >= 0.6 is 0 Å². The van der Waals surface area contributed by atoms with Gasteiger partial charge in [-0.05, 0) is 26.8 Å². The van der Waals surface area contributed by atoms with E-state index in [1.54, 1.807) is 11.7 Å². The first kappa shape index (κ1) is 15.4. The zero-order valence-corrected chi connectivity index (χ0v) is 13.8. The van der Waals surface area contributed by atoms with Gasteiger partial charge in [0.15, 0.2) is 18.1 Å². The molecular formula is C17H21N3O3. The molecule has 1 aromatic heterocycles. The Bertz CT molecular complexity index is 750. The van der Waals surface area contributed by atoms with Gasteiger partial charge in [-0.15, -0.1) is 0 Å². The molecule has 1 aliphatic rings. The number of carbonyl (C=O) groups is 1. The van der Waals surface area contributed by atoms with Gasteiger partial charge in [-0.1, -0.05) is 12.1 Å². The highest BCUT2D eigenvalue weighted by Crippen LogP contribution is 2.41. The number of benzene rings is 1. The maximum Gasteiger partial charge on any atom is 0.263 e. The first-order chi connectivity index (χ1) is 10.8. The van der Waals surface area contributed by atoms with Crippen LogP contribution in [-0.4, -0.2) is 27.9 Å². The molecule has 0 atom stereocenters. The minimum Gasteiger partial charge on any atom is -0.483 e. The van der Waals surface area contributed by atoms with Gasteiger partial charge in [0.1, 0.15) is 11.4 Å². The van der Waals surface area contributed by atoms with E-state index in [4.69, 9.17) is 9.47 Å². The zero-order valence-electron chi connectivity index (χ0n) is 13.8. The lowest BCUT2D eigenvalue weighted by Gasteiger charge is -2.18. The fraction of sp³-hybridized carbons (Fsp3) is 0.412. The number of fused-ring (bicyclic) bond motifs is 1. The van der Waals surface area contributed by atoms with E-state index in [1.165, 1.54) is 0 Å². The number of nitrogens with one attached hydrogen (secondary N) is 1. The van der Waals surface area contributed by atoms with Gasteiger partial charge in [0.25, 0.3) is 5.91 Å². The third-order valence-corrected chi connectivity index (χ3v) is 3.68. The first-order valence-corrected chi connectivity index (χ1v) is 7.58. The third kappa shape index (κ3) is 3.31. The van der Waals surface area contributed by atoms with Gasteiger partial charge in [-0.25, -0.2) is 0 Å². The summed E-state index contributed by atoms with van der Waals surface area (Å²) in [6, 6.07) is 7.57. The van der Waals surface area contributed by atoms with Crippen molar-refractivity contribution in [3.05, 3.63) is 35.5 Å². The van der Waals surface area contributed by atoms with E-state index < -0.39 is 0 Å². The summed E-state index contributed by atoms with van der Waals surface area (Å²) >= 11 is 0. The van der Waals surface area contributed by atoms with Crippen molar-refractivity contribution in [3.63, 3.8) is 0 Å². The molecule has 1 N–H and O–H groups in total. The molecule has 0 unspecified atom stereocenters. The van der Waals surface area contributed by atoms with Crippen LogP contribution in [0.5, 0.6) is 11.5 Å². The van der Waals surface area contributed by atoms with Crippen LogP contribution in [0.1, 0.15) is 25.1 Å². The van der Waals surface area contributed by atoms with Crippen molar-refractivity contribution in [2.45, 2.75) is 32.8 Å². The van der Waals surface area contributed by atoms with Gasteiger partial charge in [0.2, 0.25) is 0 Å². The van der Waals surface area contributed by atoms with E-state index in [1.807, 2.05) is 45.0 Å². The van der Waals surface area contributed by atoms with E-state index >= 15 is 0 Å². The number of anilines is 1. The zero-order chi connectivity index (χ0) is 16.6. The summed E-state index contributed by atoms with van der Waals surface area (Å²) in [7, 11) is 1.78. The SMILES string of the molecule is Cc1cc(NC(=O)COc2cccc3c2OC(C)(C)C3)n(C)n1. The second kappa shape index (κ2) is 5.61. The fourth-order valence-corrected chi connectivity index (χ4v) is 2.75. The molecule has 1 aromatic carbocycles. The molecule has 0 saturated carbocycles. The summed E-state index contributed by atoms with van der Waals surface area (Å²) in [4.78, 5) is 12.1. The van der Waals surface area contributed by atoms with Gasteiger partial charge in [0.05, 0.1) is 5.69 Å². The predicted octanol–water partition coefficient (Wildman–Crippen LogP) is 2.46. The molecule has 2 heterocycles. The second-order valence-electron chi connectivity index (χ2n) is 6.41. The van der Waals surface area contributed by atoms with Crippen LogP contribution in [0.3, 0.4) is 0 Å². The normalized spacial score (nSPS) is 15.0. The highest BCUT2D eigenvalue weighted by molar-refractivity contribution is 5.91. The van der Waals surface area contributed by atoms with E-state index in [0.29, 0.717) is 11.6 Å². The van der Waals surface area contributed by atoms with E-state index in [-0.39, 0.29) is 18.1 Å². The lowest BCUT2D eigenvalue weighted by molar-refractivity contribution is -0.118. The summed E-state index contributed by atoms with van der Waals surface area (Å²) in [5.41, 5.74) is 1.71. The lowest BCUT2D eigenvalue weighted by Crippen LogP contribution is -2.25. The molecule has 0 saturated heterocycles. The standard InChI is InChI=1S/C17H21N3O3/c1-11-8-14(20(4)19-11)18-15(21)10-22-13-7-5-6-12-9-17(2,3)23-16(12)13/h5-8H,9-10H2,1-4H3,(H,18,21). The molecule has 0 radical (unpaired) electrons. The number of hydrogen-bond donors (Lipinski definition) is 1. The lowest BCUT2D eigenvalue weighted by atomic mass is 10.0. The molecule has 122 valence electrons. The number of amides is 1. The smallest absolute Gasteiger partial charge is 0.263 e. The number of para-hydroxylation sites is 1. The number of aryl methyl sites for hydroxylation is 2. The maximum atomic E-state index is 12.1. The van der Waals surface area contributed by atoms with Crippen LogP contribution in [0.25, 0.3) is 0 Å². The third-order valence-electron chi connectivity index (χ3n) is 3.68. The summed E-state index contributed by atoms with van der Waals surface area (Å²) < 4.78 is 13.2. The molecule has 2 aromatic rings. The van der Waals surface area contributed by atoms with Gasteiger partial charge >= 0.3 is 0 Å². The van der Waals surface area contributed by atoms with Crippen LogP contribution < -0.4 is 14.8 Å². The summed E-state index contributed by atoms with van der Waals surface area (Å²) in [6.07, 6.45) is 0.833. The Morgan fingerprint density at radius 2 is 2.26 bits per heavy atom. The second-order valence-corrected chi connectivity index (χ2v) is 6.41. The van der Waals surface area contributed by atoms with Crippen molar-refractivity contribution >= 4 is 11.7 Å². The van der Waals surface area contributed by atoms with Gasteiger partial charge in [0, 0.05) is 25.1 Å². The van der Waals surface area contributed by atoms with Crippen LogP contribution in [-0.2, 0) is 18.3 Å². The molecule has 1 aliphatic heterocycles. The molecule has 0 fully saturated rings. The fourth-order valence-electron chi connectivity index (χ4n) is 2.75. The van der Waals surface area contributed by atoms with Gasteiger partial charge in [-0.2, -0.15) is 5.10 Å². The van der Waals surface area contributed by atoms with Crippen molar-refractivity contribution in [1.29, 1.82) is 0 Å². The molecule has 0 aliphatic carbocycles. The summed E-state index contributed by atoms with van der Waals surface area (Å²) in [5, 5.41) is 6.97. The van der Waals surface area contributed by atoms with Crippen molar-refractivity contribution in [1.82, 2.24) is 9.78 Å². The topological polar surface area (TPSA) is 65.4 Å². The van der Waals surface area contributed by atoms with E-state index in [0.717, 1.165) is 23.4 Å². The van der Waals surface area contributed by atoms with Crippen LogP contribution in [0.15, 0.2) is 24.3 Å². The minimum absolute atomic E-state index is 0.0789. The number of aromatic nitrogens is 2.